The number of hydrogen-bond donors (Lipinski definition) is 2. The van der Waals surface area contributed by atoms with Crippen LogP contribution in [0.5, 0.6) is 0 Å². The van der Waals surface area contributed by atoms with Crippen molar-refractivity contribution >= 4 is 23.8 Å². The molecule has 1 fully saturated rings. The van der Waals surface area contributed by atoms with Crippen molar-refractivity contribution in [3.8, 4) is 0 Å². The third-order valence-corrected chi connectivity index (χ3v) is 4.14. The summed E-state index contributed by atoms with van der Waals surface area (Å²) >= 11 is 1.46. The standard InChI is InChI=1S/C12H22N2O4S/c1-12(2,4-5-18-3)7-13-11(17)14-8-19-6-9(14)10(15)16/h9H,4-8H2,1-3H3,(H,13,17)(H,15,16)/t9-/m0/s1. The van der Waals surface area contributed by atoms with E-state index in [1.165, 1.54) is 16.7 Å². The zero-order valence-corrected chi connectivity index (χ0v) is 12.5. The van der Waals surface area contributed by atoms with Gasteiger partial charge in [0.05, 0.1) is 5.88 Å². The molecule has 1 saturated heterocycles. The normalized spacial score (nSPS) is 19.5. The van der Waals surface area contributed by atoms with Crippen LogP contribution in [0.3, 0.4) is 0 Å². The number of carboxylic acids is 1. The van der Waals surface area contributed by atoms with E-state index < -0.39 is 12.0 Å². The number of nitrogens with one attached hydrogen (secondary N) is 1. The first-order valence-electron chi connectivity index (χ1n) is 6.21. The van der Waals surface area contributed by atoms with Gasteiger partial charge in [-0.05, 0) is 11.8 Å². The summed E-state index contributed by atoms with van der Waals surface area (Å²) in [4.78, 5) is 24.4. The molecule has 0 radical (unpaired) electrons. The minimum atomic E-state index is -0.946. The number of amides is 2. The van der Waals surface area contributed by atoms with E-state index in [1.807, 2.05) is 13.8 Å². The molecular weight excluding hydrogens is 268 g/mol. The minimum absolute atomic E-state index is 0.0722. The van der Waals surface area contributed by atoms with Crippen LogP contribution in [0.25, 0.3) is 0 Å². The lowest BCUT2D eigenvalue weighted by molar-refractivity contribution is -0.140. The lowest BCUT2D eigenvalue weighted by atomic mass is 9.90. The van der Waals surface area contributed by atoms with E-state index in [0.717, 1.165) is 6.42 Å². The average Bonchev–Trinajstić information content (AvgIpc) is 2.83. The zero-order chi connectivity index (χ0) is 14.5. The Balaban J connectivity index is 2.44. The van der Waals surface area contributed by atoms with Gasteiger partial charge in [-0.25, -0.2) is 9.59 Å². The van der Waals surface area contributed by atoms with E-state index in [2.05, 4.69) is 5.32 Å². The third-order valence-electron chi connectivity index (χ3n) is 3.13. The molecule has 110 valence electrons. The number of carboxylic acid groups (broad SMARTS) is 1. The summed E-state index contributed by atoms with van der Waals surface area (Å²) < 4.78 is 5.03. The number of methoxy groups -OCH3 is 1. The second kappa shape index (κ2) is 7.00. The first-order chi connectivity index (χ1) is 8.87. The Morgan fingerprint density at radius 2 is 2.21 bits per heavy atom. The molecule has 1 heterocycles. The molecule has 1 aliphatic heterocycles. The van der Waals surface area contributed by atoms with E-state index in [9.17, 15) is 9.59 Å². The summed E-state index contributed by atoms with van der Waals surface area (Å²) in [6.45, 7) is 5.22. The molecule has 0 aliphatic carbocycles. The van der Waals surface area contributed by atoms with Gasteiger partial charge in [0.15, 0.2) is 0 Å². The van der Waals surface area contributed by atoms with Crippen molar-refractivity contribution in [2.24, 2.45) is 5.41 Å². The van der Waals surface area contributed by atoms with Crippen molar-refractivity contribution < 1.29 is 19.4 Å². The Bertz CT molecular complexity index is 336. The molecule has 1 rings (SSSR count). The van der Waals surface area contributed by atoms with E-state index in [-0.39, 0.29) is 11.4 Å². The highest BCUT2D eigenvalue weighted by Gasteiger charge is 2.35. The van der Waals surface area contributed by atoms with Crippen molar-refractivity contribution in [1.29, 1.82) is 0 Å². The number of rotatable bonds is 6. The fourth-order valence-corrected chi connectivity index (χ4v) is 2.88. The van der Waals surface area contributed by atoms with Gasteiger partial charge in [-0.15, -0.1) is 11.8 Å². The number of urea groups is 1. The van der Waals surface area contributed by atoms with E-state index >= 15 is 0 Å². The number of thioether (sulfide) groups is 1. The lowest BCUT2D eigenvalue weighted by Gasteiger charge is -2.27. The van der Waals surface area contributed by atoms with Crippen LogP contribution in [0, 0.1) is 5.41 Å². The first kappa shape index (κ1) is 16.1. The molecule has 0 aromatic rings. The third kappa shape index (κ3) is 4.91. The van der Waals surface area contributed by atoms with Crippen LogP contribution < -0.4 is 5.32 Å². The smallest absolute Gasteiger partial charge is 0.327 e. The van der Waals surface area contributed by atoms with Crippen molar-refractivity contribution in [3.63, 3.8) is 0 Å². The Kier molecular flexibility index (Phi) is 5.93. The summed E-state index contributed by atoms with van der Waals surface area (Å²) in [6, 6.07) is -1.02. The summed E-state index contributed by atoms with van der Waals surface area (Å²) in [7, 11) is 1.65. The quantitative estimate of drug-likeness (QED) is 0.769. The number of nitrogens with zero attached hydrogens (tertiary/aromatic N) is 1. The lowest BCUT2D eigenvalue weighted by Crippen LogP contribution is -2.48. The predicted octanol–water partition coefficient (Wildman–Crippen LogP) is 1.22. The van der Waals surface area contributed by atoms with Crippen LogP contribution in [0.15, 0.2) is 0 Å². The van der Waals surface area contributed by atoms with Crippen LogP contribution >= 0.6 is 11.8 Å². The van der Waals surface area contributed by atoms with Gasteiger partial charge in [-0.2, -0.15) is 0 Å². The molecule has 0 aromatic heterocycles. The van der Waals surface area contributed by atoms with Gasteiger partial charge >= 0.3 is 12.0 Å². The van der Waals surface area contributed by atoms with Gasteiger partial charge in [0.2, 0.25) is 0 Å². The van der Waals surface area contributed by atoms with Gasteiger partial charge in [0.25, 0.3) is 0 Å². The summed E-state index contributed by atoms with van der Waals surface area (Å²) in [6.07, 6.45) is 0.834. The molecule has 1 atom stereocenters. The zero-order valence-electron chi connectivity index (χ0n) is 11.6. The maximum atomic E-state index is 12.0. The van der Waals surface area contributed by atoms with E-state index in [4.69, 9.17) is 9.84 Å². The van der Waals surface area contributed by atoms with Crippen LogP contribution in [0.4, 0.5) is 4.79 Å². The van der Waals surface area contributed by atoms with Crippen LogP contribution in [-0.2, 0) is 9.53 Å². The largest absolute Gasteiger partial charge is 0.480 e. The van der Waals surface area contributed by atoms with E-state index in [1.54, 1.807) is 7.11 Å². The Morgan fingerprint density at radius 3 is 2.79 bits per heavy atom. The molecule has 0 unspecified atom stereocenters. The SMILES string of the molecule is COCCC(C)(C)CNC(=O)N1CSC[C@H]1C(=O)O. The molecule has 2 amide bonds. The van der Waals surface area contributed by atoms with Gasteiger partial charge < -0.3 is 20.1 Å². The second-order valence-electron chi connectivity index (χ2n) is 5.39. The minimum Gasteiger partial charge on any atom is -0.480 e. The Labute approximate surface area is 117 Å². The fraction of sp³-hybridized carbons (Fsp3) is 0.833. The first-order valence-corrected chi connectivity index (χ1v) is 7.37. The van der Waals surface area contributed by atoms with Crippen molar-refractivity contribution in [2.45, 2.75) is 26.3 Å². The molecule has 0 spiro atoms. The van der Waals surface area contributed by atoms with Gasteiger partial charge in [0, 0.05) is 26.0 Å². The molecule has 7 heteroatoms. The predicted molar refractivity (Wildman–Crippen MR) is 74.3 cm³/mol. The number of ether oxygens (including phenoxy) is 1. The van der Waals surface area contributed by atoms with E-state index in [0.29, 0.717) is 24.8 Å². The Hall–Kier alpha value is -0.950. The highest BCUT2D eigenvalue weighted by molar-refractivity contribution is 7.99. The van der Waals surface area contributed by atoms with Gasteiger partial charge in [0.1, 0.15) is 6.04 Å². The van der Waals surface area contributed by atoms with Crippen molar-refractivity contribution in [1.82, 2.24) is 10.2 Å². The monoisotopic (exact) mass is 290 g/mol. The second-order valence-corrected chi connectivity index (χ2v) is 6.39. The highest BCUT2D eigenvalue weighted by atomic mass is 32.2. The Morgan fingerprint density at radius 1 is 1.53 bits per heavy atom. The van der Waals surface area contributed by atoms with Gasteiger partial charge in [-0.3, -0.25) is 0 Å². The number of carbonyl (C=O) groups excluding carboxylic acids is 1. The number of carbonyl (C=O) groups is 2. The molecule has 0 bridgehead atoms. The van der Waals surface area contributed by atoms with Crippen molar-refractivity contribution in [2.75, 3.05) is 31.9 Å². The molecular formula is C12H22N2O4S. The van der Waals surface area contributed by atoms with Crippen molar-refractivity contribution in [3.05, 3.63) is 0 Å². The summed E-state index contributed by atoms with van der Waals surface area (Å²) in [5.41, 5.74) is -0.0722. The molecule has 6 nitrogen and oxygen atoms in total. The molecule has 0 aromatic carbocycles. The molecule has 0 saturated carbocycles. The number of aliphatic carboxylic acids is 1. The van der Waals surface area contributed by atoms with Crippen LogP contribution in [0.2, 0.25) is 0 Å². The fourth-order valence-electron chi connectivity index (χ4n) is 1.73. The summed E-state index contributed by atoms with van der Waals surface area (Å²) in [5.74, 6) is -0.0595. The van der Waals surface area contributed by atoms with Crippen LogP contribution in [0.1, 0.15) is 20.3 Å². The van der Waals surface area contributed by atoms with Gasteiger partial charge in [-0.1, -0.05) is 13.8 Å². The molecule has 2 N–H and O–H groups in total. The molecule has 19 heavy (non-hydrogen) atoms. The average molecular weight is 290 g/mol. The maximum absolute atomic E-state index is 12.0. The summed E-state index contributed by atoms with van der Waals surface area (Å²) in [5, 5.41) is 11.8. The molecule has 1 aliphatic rings. The highest BCUT2D eigenvalue weighted by Crippen LogP contribution is 2.22. The number of hydrogen-bond acceptors (Lipinski definition) is 4. The topological polar surface area (TPSA) is 78.9 Å². The van der Waals surface area contributed by atoms with Crippen LogP contribution in [-0.4, -0.2) is 59.9 Å². The maximum Gasteiger partial charge on any atom is 0.327 e.